The SMILES string of the molecule is O=C1CCCc2c1[nH]c1cc(Br)ccc21. The quantitative estimate of drug-likeness (QED) is 0.776. The number of fused-ring (bicyclic) bond motifs is 3. The molecular weight excluding hydrogens is 254 g/mol. The van der Waals surface area contributed by atoms with Crippen molar-refractivity contribution in [1.82, 2.24) is 4.98 Å². The number of nitrogens with one attached hydrogen (secondary N) is 1. The Labute approximate surface area is 95.8 Å². The van der Waals surface area contributed by atoms with Crippen molar-refractivity contribution in [1.29, 1.82) is 0 Å². The van der Waals surface area contributed by atoms with E-state index in [0.717, 1.165) is 28.5 Å². The number of aromatic amines is 1. The normalized spacial score (nSPS) is 15.7. The Morgan fingerprint density at radius 3 is 3.00 bits per heavy atom. The summed E-state index contributed by atoms with van der Waals surface area (Å²) in [5, 5.41) is 1.20. The Kier molecular flexibility index (Phi) is 1.96. The van der Waals surface area contributed by atoms with E-state index in [1.54, 1.807) is 0 Å². The first-order chi connectivity index (χ1) is 7.25. The topological polar surface area (TPSA) is 32.9 Å². The summed E-state index contributed by atoms with van der Waals surface area (Å²) in [4.78, 5) is 14.9. The molecule has 0 atom stereocenters. The Balaban J connectivity index is 2.35. The molecule has 0 fully saturated rings. The molecule has 15 heavy (non-hydrogen) atoms. The smallest absolute Gasteiger partial charge is 0.179 e. The first-order valence-corrected chi connectivity index (χ1v) is 5.88. The lowest BCUT2D eigenvalue weighted by Crippen LogP contribution is -2.09. The summed E-state index contributed by atoms with van der Waals surface area (Å²) in [6.07, 6.45) is 2.68. The maximum Gasteiger partial charge on any atom is 0.179 e. The van der Waals surface area contributed by atoms with Gasteiger partial charge in [0.05, 0.1) is 5.69 Å². The monoisotopic (exact) mass is 263 g/mol. The van der Waals surface area contributed by atoms with Crippen LogP contribution >= 0.6 is 15.9 Å². The standard InChI is InChI=1S/C12H10BrNO/c13-7-4-5-8-9-2-1-3-11(15)12(9)14-10(8)6-7/h4-6,14H,1-3H2. The van der Waals surface area contributed by atoms with E-state index >= 15 is 0 Å². The molecule has 0 amide bonds. The minimum Gasteiger partial charge on any atom is -0.352 e. The molecule has 0 unspecified atom stereocenters. The molecule has 76 valence electrons. The second kappa shape index (κ2) is 3.20. The van der Waals surface area contributed by atoms with E-state index < -0.39 is 0 Å². The second-order valence-electron chi connectivity index (χ2n) is 3.95. The van der Waals surface area contributed by atoms with Gasteiger partial charge in [0.25, 0.3) is 0 Å². The average Bonchev–Trinajstić information content (AvgIpc) is 2.57. The fraction of sp³-hybridized carbons (Fsp3) is 0.250. The number of H-pyrrole nitrogens is 1. The lowest BCUT2D eigenvalue weighted by molar-refractivity contribution is 0.0968. The van der Waals surface area contributed by atoms with E-state index in [1.807, 2.05) is 12.1 Å². The van der Waals surface area contributed by atoms with Gasteiger partial charge in [-0.25, -0.2) is 0 Å². The first-order valence-electron chi connectivity index (χ1n) is 5.09. The van der Waals surface area contributed by atoms with Crippen LogP contribution in [0.5, 0.6) is 0 Å². The van der Waals surface area contributed by atoms with Crippen LogP contribution in [0.2, 0.25) is 0 Å². The van der Waals surface area contributed by atoms with Crippen molar-refractivity contribution in [2.24, 2.45) is 0 Å². The van der Waals surface area contributed by atoms with Crippen LogP contribution in [0.4, 0.5) is 0 Å². The molecular formula is C12H10BrNO. The predicted octanol–water partition coefficient (Wildman–Crippen LogP) is 3.45. The highest BCUT2D eigenvalue weighted by Crippen LogP contribution is 2.30. The third-order valence-corrected chi connectivity index (χ3v) is 3.47. The molecule has 0 saturated carbocycles. The number of aromatic nitrogens is 1. The van der Waals surface area contributed by atoms with Gasteiger partial charge in [0, 0.05) is 21.8 Å². The predicted molar refractivity (Wildman–Crippen MR) is 63.3 cm³/mol. The van der Waals surface area contributed by atoms with Gasteiger partial charge < -0.3 is 4.98 Å². The van der Waals surface area contributed by atoms with Gasteiger partial charge in [-0.3, -0.25) is 4.79 Å². The van der Waals surface area contributed by atoms with Crippen molar-refractivity contribution in [2.75, 3.05) is 0 Å². The summed E-state index contributed by atoms with van der Waals surface area (Å²) in [6, 6.07) is 6.13. The molecule has 3 heteroatoms. The number of carbonyl (C=O) groups excluding carboxylic acids is 1. The molecule has 1 aromatic heterocycles. The molecule has 1 N–H and O–H groups in total. The van der Waals surface area contributed by atoms with Crippen LogP contribution in [0.15, 0.2) is 22.7 Å². The van der Waals surface area contributed by atoms with Crippen LogP contribution in [0, 0.1) is 0 Å². The largest absolute Gasteiger partial charge is 0.352 e. The number of halogens is 1. The molecule has 1 aromatic carbocycles. The fourth-order valence-corrected chi connectivity index (χ4v) is 2.64. The van der Waals surface area contributed by atoms with Crippen molar-refractivity contribution in [3.05, 3.63) is 33.9 Å². The number of aryl methyl sites for hydroxylation is 1. The van der Waals surface area contributed by atoms with Crippen LogP contribution in [-0.2, 0) is 6.42 Å². The average molecular weight is 264 g/mol. The van der Waals surface area contributed by atoms with E-state index in [9.17, 15) is 4.79 Å². The number of rotatable bonds is 0. The van der Waals surface area contributed by atoms with Crippen LogP contribution in [0.3, 0.4) is 0 Å². The Hall–Kier alpha value is -1.09. The summed E-state index contributed by atoms with van der Waals surface area (Å²) < 4.78 is 1.04. The van der Waals surface area contributed by atoms with Crippen molar-refractivity contribution in [2.45, 2.75) is 19.3 Å². The summed E-state index contributed by atoms with van der Waals surface area (Å²) in [5.74, 6) is 0.253. The number of hydrogen-bond acceptors (Lipinski definition) is 1. The van der Waals surface area contributed by atoms with Gasteiger partial charge >= 0.3 is 0 Å². The van der Waals surface area contributed by atoms with Crippen molar-refractivity contribution < 1.29 is 4.79 Å². The molecule has 0 spiro atoms. The van der Waals surface area contributed by atoms with Crippen molar-refractivity contribution in [3.63, 3.8) is 0 Å². The number of ketones is 1. The summed E-state index contributed by atoms with van der Waals surface area (Å²) in [5.41, 5.74) is 3.09. The highest BCUT2D eigenvalue weighted by Gasteiger charge is 2.21. The highest BCUT2D eigenvalue weighted by molar-refractivity contribution is 9.10. The Morgan fingerprint density at radius 2 is 2.13 bits per heavy atom. The Morgan fingerprint density at radius 1 is 1.27 bits per heavy atom. The maximum absolute atomic E-state index is 11.7. The third kappa shape index (κ3) is 1.34. The van der Waals surface area contributed by atoms with Crippen molar-refractivity contribution >= 4 is 32.6 Å². The number of hydrogen-bond donors (Lipinski definition) is 1. The summed E-state index contributed by atoms with van der Waals surface area (Å²) in [7, 11) is 0. The molecule has 2 nitrogen and oxygen atoms in total. The second-order valence-corrected chi connectivity index (χ2v) is 4.86. The molecule has 3 rings (SSSR count). The van der Waals surface area contributed by atoms with Gasteiger partial charge in [-0.2, -0.15) is 0 Å². The van der Waals surface area contributed by atoms with Gasteiger partial charge in [0.15, 0.2) is 5.78 Å². The van der Waals surface area contributed by atoms with E-state index in [2.05, 4.69) is 27.0 Å². The summed E-state index contributed by atoms with van der Waals surface area (Å²) in [6.45, 7) is 0. The van der Waals surface area contributed by atoms with Gasteiger partial charge in [-0.05, 0) is 30.5 Å². The molecule has 0 radical (unpaired) electrons. The van der Waals surface area contributed by atoms with E-state index in [0.29, 0.717) is 6.42 Å². The minimum absolute atomic E-state index is 0.253. The fourth-order valence-electron chi connectivity index (χ4n) is 2.28. The Bertz CT molecular complexity index is 556. The minimum atomic E-state index is 0.253. The van der Waals surface area contributed by atoms with Crippen LogP contribution < -0.4 is 0 Å². The number of Topliss-reactive ketones (excluding diaryl/α,β-unsaturated/α-hetero) is 1. The zero-order valence-electron chi connectivity index (χ0n) is 8.14. The van der Waals surface area contributed by atoms with Crippen LogP contribution in [0.25, 0.3) is 10.9 Å². The van der Waals surface area contributed by atoms with Gasteiger partial charge in [-0.1, -0.05) is 22.0 Å². The van der Waals surface area contributed by atoms with Gasteiger partial charge in [0.1, 0.15) is 0 Å². The molecule has 1 heterocycles. The highest BCUT2D eigenvalue weighted by atomic mass is 79.9. The molecule has 1 aliphatic carbocycles. The van der Waals surface area contributed by atoms with Crippen LogP contribution in [-0.4, -0.2) is 10.8 Å². The lowest BCUT2D eigenvalue weighted by atomic mass is 9.95. The lowest BCUT2D eigenvalue weighted by Gasteiger charge is -2.09. The first kappa shape index (κ1) is 9.16. The zero-order chi connectivity index (χ0) is 10.4. The zero-order valence-corrected chi connectivity index (χ0v) is 9.73. The van der Waals surface area contributed by atoms with Crippen LogP contribution in [0.1, 0.15) is 28.9 Å². The van der Waals surface area contributed by atoms with E-state index in [4.69, 9.17) is 0 Å². The molecule has 2 aromatic rings. The molecule has 0 saturated heterocycles. The number of benzene rings is 1. The van der Waals surface area contributed by atoms with Gasteiger partial charge in [-0.15, -0.1) is 0 Å². The van der Waals surface area contributed by atoms with E-state index in [-0.39, 0.29) is 5.78 Å². The van der Waals surface area contributed by atoms with Crippen molar-refractivity contribution in [3.8, 4) is 0 Å². The number of carbonyl (C=O) groups is 1. The maximum atomic E-state index is 11.7. The molecule has 1 aliphatic rings. The van der Waals surface area contributed by atoms with E-state index in [1.165, 1.54) is 10.9 Å². The summed E-state index contributed by atoms with van der Waals surface area (Å²) >= 11 is 3.44. The molecule has 0 bridgehead atoms. The van der Waals surface area contributed by atoms with Gasteiger partial charge in [0.2, 0.25) is 0 Å². The molecule has 0 aliphatic heterocycles. The third-order valence-electron chi connectivity index (χ3n) is 2.98.